The van der Waals surface area contributed by atoms with Crippen molar-refractivity contribution in [2.24, 2.45) is 0 Å². The van der Waals surface area contributed by atoms with Gasteiger partial charge in [-0.15, -0.1) is 0 Å². The van der Waals surface area contributed by atoms with Gasteiger partial charge in [0.1, 0.15) is 11.5 Å². The monoisotopic (exact) mass is 492 g/mol. The molecular formula is C27H32N4O5. The zero-order chi connectivity index (χ0) is 25.5. The highest BCUT2D eigenvalue weighted by Crippen LogP contribution is 2.33. The predicted octanol–water partition coefficient (Wildman–Crippen LogP) is 4.69. The minimum Gasteiger partial charge on any atom is -0.467 e. The van der Waals surface area contributed by atoms with E-state index in [-0.39, 0.29) is 36.6 Å². The second-order valence-electron chi connectivity index (χ2n) is 9.02. The smallest absolute Gasteiger partial charge is 0.251 e. The van der Waals surface area contributed by atoms with Crippen LogP contribution in [-0.2, 0) is 20.8 Å². The van der Waals surface area contributed by atoms with Crippen molar-refractivity contribution in [3.05, 3.63) is 65.8 Å². The Morgan fingerprint density at radius 1 is 1.11 bits per heavy atom. The summed E-state index contributed by atoms with van der Waals surface area (Å²) in [5.41, 5.74) is 1.54. The molecule has 1 aliphatic carbocycles. The van der Waals surface area contributed by atoms with Gasteiger partial charge in [-0.25, -0.2) is 0 Å². The number of rotatable bonds is 10. The number of para-hydroxylation sites is 1. The van der Waals surface area contributed by atoms with Crippen LogP contribution in [0.15, 0.2) is 57.7 Å². The summed E-state index contributed by atoms with van der Waals surface area (Å²) in [5, 5.41) is 9.51. The van der Waals surface area contributed by atoms with Gasteiger partial charge in [0.15, 0.2) is 11.9 Å². The van der Waals surface area contributed by atoms with E-state index >= 15 is 0 Å². The van der Waals surface area contributed by atoms with Gasteiger partial charge in [0.25, 0.3) is 5.91 Å². The highest BCUT2D eigenvalue weighted by Gasteiger charge is 2.36. The SMILES string of the molecule is CCc1ccccc1N(C(=O)CCC(=O)Nc1cc(C)on1)[C@@H](C(=O)NC1CCCC1)c1ccco1. The molecule has 9 nitrogen and oxygen atoms in total. The molecule has 0 bridgehead atoms. The Labute approximate surface area is 210 Å². The summed E-state index contributed by atoms with van der Waals surface area (Å²) in [6, 6.07) is 11.6. The van der Waals surface area contributed by atoms with E-state index in [0.29, 0.717) is 29.4 Å². The van der Waals surface area contributed by atoms with Gasteiger partial charge in [-0.1, -0.05) is 43.1 Å². The molecule has 1 aromatic carbocycles. The number of benzene rings is 1. The van der Waals surface area contributed by atoms with Crippen LogP contribution in [0.2, 0.25) is 0 Å². The second-order valence-corrected chi connectivity index (χ2v) is 9.02. The predicted molar refractivity (Wildman–Crippen MR) is 134 cm³/mol. The van der Waals surface area contributed by atoms with Crippen molar-refractivity contribution in [3.8, 4) is 0 Å². The molecule has 0 unspecified atom stereocenters. The molecule has 3 amide bonds. The first-order valence-electron chi connectivity index (χ1n) is 12.4. The largest absolute Gasteiger partial charge is 0.467 e. The fourth-order valence-electron chi connectivity index (χ4n) is 4.60. The molecule has 4 rings (SSSR count). The number of carbonyl (C=O) groups is 3. The van der Waals surface area contributed by atoms with Crippen molar-refractivity contribution >= 4 is 29.2 Å². The number of nitrogens with zero attached hydrogens (tertiary/aromatic N) is 2. The Morgan fingerprint density at radius 2 is 1.89 bits per heavy atom. The van der Waals surface area contributed by atoms with E-state index in [1.54, 1.807) is 25.1 Å². The lowest BCUT2D eigenvalue weighted by atomic mass is 10.0. The van der Waals surface area contributed by atoms with E-state index in [2.05, 4.69) is 15.8 Å². The molecule has 0 spiro atoms. The fraction of sp³-hybridized carbons (Fsp3) is 0.407. The average Bonchev–Trinajstić information content (AvgIpc) is 3.65. The third-order valence-electron chi connectivity index (χ3n) is 6.38. The highest BCUT2D eigenvalue weighted by atomic mass is 16.5. The molecule has 36 heavy (non-hydrogen) atoms. The summed E-state index contributed by atoms with van der Waals surface area (Å²) in [7, 11) is 0. The summed E-state index contributed by atoms with van der Waals surface area (Å²) in [4.78, 5) is 41.4. The Bertz CT molecular complexity index is 1180. The number of carbonyl (C=O) groups excluding carboxylic acids is 3. The van der Waals surface area contributed by atoms with Gasteiger partial charge in [-0.05, 0) is 49.9 Å². The third-order valence-corrected chi connectivity index (χ3v) is 6.38. The van der Waals surface area contributed by atoms with E-state index < -0.39 is 6.04 Å². The fourth-order valence-corrected chi connectivity index (χ4v) is 4.60. The maximum absolute atomic E-state index is 13.7. The van der Waals surface area contributed by atoms with Crippen LogP contribution in [0.25, 0.3) is 0 Å². The van der Waals surface area contributed by atoms with Crippen molar-refractivity contribution in [1.82, 2.24) is 10.5 Å². The normalized spacial score (nSPS) is 14.4. The standard InChI is InChI=1S/C27H32N4O5/c1-3-19-9-4-7-12-21(19)31(25(33)15-14-24(32)29-23-17-18(2)36-30-23)26(22-13-8-16-35-22)27(34)28-20-10-5-6-11-20/h4,7-9,12-13,16-17,20,26H,3,5-6,10-11,14-15H2,1-2H3,(H,28,34)(H,29,30,32)/t26-/m1/s1. The van der Waals surface area contributed by atoms with Crippen LogP contribution in [0.5, 0.6) is 0 Å². The molecule has 2 aromatic heterocycles. The van der Waals surface area contributed by atoms with Crippen LogP contribution in [0.1, 0.15) is 68.6 Å². The molecule has 0 saturated heterocycles. The van der Waals surface area contributed by atoms with Crippen LogP contribution in [0.4, 0.5) is 11.5 Å². The number of amides is 3. The van der Waals surface area contributed by atoms with Crippen LogP contribution in [0.3, 0.4) is 0 Å². The first kappa shape index (κ1) is 25.2. The minimum atomic E-state index is -0.998. The minimum absolute atomic E-state index is 0.0741. The molecule has 0 radical (unpaired) electrons. The lowest BCUT2D eigenvalue weighted by Gasteiger charge is -2.32. The summed E-state index contributed by atoms with van der Waals surface area (Å²) in [6.45, 7) is 3.72. The van der Waals surface area contributed by atoms with Gasteiger partial charge in [-0.3, -0.25) is 19.3 Å². The second kappa shape index (κ2) is 11.7. The zero-order valence-electron chi connectivity index (χ0n) is 20.7. The third kappa shape index (κ3) is 6.02. The van der Waals surface area contributed by atoms with Crippen molar-refractivity contribution < 1.29 is 23.3 Å². The zero-order valence-corrected chi connectivity index (χ0v) is 20.7. The summed E-state index contributed by atoms with van der Waals surface area (Å²) in [5.74, 6) is 0.211. The van der Waals surface area contributed by atoms with Gasteiger partial charge >= 0.3 is 0 Å². The van der Waals surface area contributed by atoms with Crippen molar-refractivity contribution in [3.63, 3.8) is 0 Å². The molecule has 1 atom stereocenters. The molecule has 190 valence electrons. The Hall–Kier alpha value is -3.88. The van der Waals surface area contributed by atoms with E-state index in [1.807, 2.05) is 31.2 Å². The molecule has 1 fully saturated rings. The number of furan rings is 1. The number of hydrogen-bond donors (Lipinski definition) is 2. The summed E-state index contributed by atoms with van der Waals surface area (Å²) >= 11 is 0. The van der Waals surface area contributed by atoms with E-state index in [4.69, 9.17) is 8.94 Å². The van der Waals surface area contributed by atoms with E-state index in [0.717, 1.165) is 31.2 Å². The number of anilines is 2. The van der Waals surface area contributed by atoms with Gasteiger partial charge in [0.2, 0.25) is 11.8 Å². The van der Waals surface area contributed by atoms with Crippen molar-refractivity contribution in [2.75, 3.05) is 10.2 Å². The maximum atomic E-state index is 13.7. The summed E-state index contributed by atoms with van der Waals surface area (Å²) < 4.78 is 10.6. The Balaban J connectivity index is 1.61. The topological polar surface area (TPSA) is 118 Å². The van der Waals surface area contributed by atoms with Crippen LogP contribution in [-0.4, -0.2) is 28.9 Å². The Morgan fingerprint density at radius 3 is 2.56 bits per heavy atom. The molecule has 3 aromatic rings. The maximum Gasteiger partial charge on any atom is 0.251 e. The highest BCUT2D eigenvalue weighted by molar-refractivity contribution is 6.03. The van der Waals surface area contributed by atoms with E-state index in [1.165, 1.54) is 11.2 Å². The molecule has 2 N–H and O–H groups in total. The summed E-state index contributed by atoms with van der Waals surface area (Å²) in [6.07, 6.45) is 5.94. The lowest BCUT2D eigenvalue weighted by Crippen LogP contribution is -2.46. The van der Waals surface area contributed by atoms with Gasteiger partial charge < -0.3 is 19.6 Å². The quantitative estimate of drug-likeness (QED) is 0.424. The first-order valence-corrected chi connectivity index (χ1v) is 12.4. The molecule has 1 aliphatic rings. The molecule has 1 saturated carbocycles. The number of aromatic nitrogens is 1. The van der Waals surface area contributed by atoms with Crippen LogP contribution < -0.4 is 15.5 Å². The average molecular weight is 493 g/mol. The lowest BCUT2D eigenvalue weighted by molar-refractivity contribution is -0.128. The van der Waals surface area contributed by atoms with Gasteiger partial charge in [0.05, 0.1) is 6.26 Å². The molecular weight excluding hydrogens is 460 g/mol. The van der Waals surface area contributed by atoms with Gasteiger partial charge in [0, 0.05) is 30.6 Å². The number of hydrogen-bond acceptors (Lipinski definition) is 6. The molecule has 0 aliphatic heterocycles. The molecule has 2 heterocycles. The Kier molecular flexibility index (Phi) is 8.20. The van der Waals surface area contributed by atoms with Crippen molar-refractivity contribution in [1.29, 1.82) is 0 Å². The number of aryl methyl sites for hydroxylation is 2. The van der Waals surface area contributed by atoms with Crippen LogP contribution >= 0.6 is 0 Å². The van der Waals surface area contributed by atoms with E-state index in [9.17, 15) is 14.4 Å². The van der Waals surface area contributed by atoms with Crippen LogP contribution in [0, 0.1) is 6.92 Å². The van der Waals surface area contributed by atoms with Gasteiger partial charge in [-0.2, -0.15) is 0 Å². The number of nitrogens with one attached hydrogen (secondary N) is 2. The first-order chi connectivity index (χ1) is 17.5. The van der Waals surface area contributed by atoms with Crippen molar-refractivity contribution in [2.45, 2.75) is 70.9 Å². The molecule has 9 heteroatoms.